The minimum atomic E-state index is -0.796. The van der Waals surface area contributed by atoms with Gasteiger partial charge >= 0.3 is 5.97 Å². The van der Waals surface area contributed by atoms with Crippen molar-refractivity contribution in [1.29, 1.82) is 0 Å². The van der Waals surface area contributed by atoms with Gasteiger partial charge in [-0.3, -0.25) is 0 Å². The third-order valence-corrected chi connectivity index (χ3v) is 6.67. The fourth-order valence-corrected chi connectivity index (χ4v) is 5.15. The second kappa shape index (κ2) is 6.06. The highest BCUT2D eigenvalue weighted by molar-refractivity contribution is 5.91. The van der Waals surface area contributed by atoms with Crippen molar-refractivity contribution < 1.29 is 19.7 Å². The van der Waals surface area contributed by atoms with Gasteiger partial charge in [0.25, 0.3) is 0 Å². The van der Waals surface area contributed by atoms with Gasteiger partial charge < -0.3 is 14.9 Å². The Balaban J connectivity index is 1.83. The maximum atomic E-state index is 11.7. The molecule has 2 aliphatic carbocycles. The molecule has 0 amide bonds. The van der Waals surface area contributed by atoms with E-state index in [2.05, 4.69) is 20.4 Å². The second-order valence-electron chi connectivity index (χ2n) is 7.84. The van der Waals surface area contributed by atoms with Crippen molar-refractivity contribution in [2.45, 2.75) is 58.2 Å². The number of carbonyl (C=O) groups is 1. The molecule has 4 nitrogen and oxygen atoms in total. The van der Waals surface area contributed by atoms with E-state index in [0.717, 1.165) is 32.1 Å². The lowest BCUT2D eigenvalue weighted by Crippen LogP contribution is -2.49. The smallest absolute Gasteiger partial charge is 0.336 e. The molecule has 0 aromatic heterocycles. The molecule has 2 saturated carbocycles. The molecule has 1 heterocycles. The van der Waals surface area contributed by atoms with E-state index in [1.807, 2.05) is 6.08 Å². The standard InChI is InChI=1S/C19H28O4/c1-11-4-6-15-12(2)16(20)8-9-19(15,3)14(11)7-5-13-17(21)10-23-18(13)22/h5,12,14-17,20-21H,1,4,6-10H2,2-3H3/t12-,14-,15-,16-,17?,19+/m1/s1. The number of esters is 1. The molecule has 0 bridgehead atoms. The van der Waals surface area contributed by atoms with E-state index in [9.17, 15) is 15.0 Å². The number of ether oxygens (including phenoxy) is 1. The fourth-order valence-electron chi connectivity index (χ4n) is 5.15. The molecule has 2 N–H and O–H groups in total. The first-order chi connectivity index (χ1) is 10.8. The molecule has 3 fully saturated rings. The molecule has 0 aromatic rings. The molecule has 6 atom stereocenters. The Labute approximate surface area is 138 Å². The predicted octanol–water partition coefficient (Wildman–Crippen LogP) is 2.60. The second-order valence-corrected chi connectivity index (χ2v) is 7.84. The average Bonchev–Trinajstić information content (AvgIpc) is 2.82. The van der Waals surface area contributed by atoms with Gasteiger partial charge in [-0.05, 0) is 55.3 Å². The van der Waals surface area contributed by atoms with Gasteiger partial charge in [0.2, 0.25) is 0 Å². The van der Waals surface area contributed by atoms with Crippen LogP contribution in [0.1, 0.15) is 46.0 Å². The summed E-state index contributed by atoms with van der Waals surface area (Å²) in [4.78, 5) is 11.7. The third kappa shape index (κ3) is 2.76. The Bertz CT molecular complexity index is 537. The maximum absolute atomic E-state index is 11.7. The molecular formula is C19H28O4. The quantitative estimate of drug-likeness (QED) is 0.466. The van der Waals surface area contributed by atoms with Crippen LogP contribution in [0.3, 0.4) is 0 Å². The summed E-state index contributed by atoms with van der Waals surface area (Å²) in [7, 11) is 0. The molecule has 1 unspecified atom stereocenters. The first-order valence-corrected chi connectivity index (χ1v) is 8.75. The number of aliphatic hydroxyl groups is 2. The molecule has 0 radical (unpaired) electrons. The number of rotatable bonds is 2. The molecule has 128 valence electrons. The van der Waals surface area contributed by atoms with E-state index in [4.69, 9.17) is 4.74 Å². The third-order valence-electron chi connectivity index (χ3n) is 6.67. The van der Waals surface area contributed by atoms with Crippen LogP contribution >= 0.6 is 0 Å². The SMILES string of the molecule is C=C1CC[C@@H]2[C@@H](C)[C@H](O)CC[C@@]2(C)[C@@H]1CC=C1C(=O)OCC1O. The first kappa shape index (κ1) is 16.7. The molecule has 1 aliphatic heterocycles. The lowest BCUT2D eigenvalue weighted by atomic mass is 9.50. The van der Waals surface area contributed by atoms with Crippen LogP contribution in [0.5, 0.6) is 0 Å². The molecule has 3 aliphatic rings. The summed E-state index contributed by atoms with van der Waals surface area (Å²) < 4.78 is 4.89. The summed E-state index contributed by atoms with van der Waals surface area (Å²) in [5, 5.41) is 20.1. The van der Waals surface area contributed by atoms with E-state index in [0.29, 0.717) is 23.3 Å². The molecule has 0 aromatic carbocycles. The van der Waals surface area contributed by atoms with Gasteiger partial charge in [0, 0.05) is 0 Å². The highest BCUT2D eigenvalue weighted by Crippen LogP contribution is 2.57. The lowest BCUT2D eigenvalue weighted by molar-refractivity contribution is -0.135. The van der Waals surface area contributed by atoms with Crippen LogP contribution in [-0.2, 0) is 9.53 Å². The summed E-state index contributed by atoms with van der Waals surface area (Å²) in [6.07, 6.45) is 5.47. The zero-order valence-corrected chi connectivity index (χ0v) is 14.1. The van der Waals surface area contributed by atoms with E-state index >= 15 is 0 Å². The minimum absolute atomic E-state index is 0.0688. The zero-order chi connectivity index (χ0) is 16.8. The topological polar surface area (TPSA) is 66.8 Å². The Morgan fingerprint density at radius 3 is 2.78 bits per heavy atom. The van der Waals surface area contributed by atoms with Crippen molar-refractivity contribution >= 4 is 5.97 Å². The molecule has 23 heavy (non-hydrogen) atoms. The average molecular weight is 320 g/mol. The lowest BCUT2D eigenvalue weighted by Gasteiger charge is -2.55. The number of carbonyl (C=O) groups excluding carboxylic acids is 1. The summed E-state index contributed by atoms with van der Waals surface area (Å²) in [6, 6.07) is 0. The molecule has 0 spiro atoms. The van der Waals surface area contributed by atoms with Crippen molar-refractivity contribution in [2.75, 3.05) is 6.61 Å². The van der Waals surface area contributed by atoms with Gasteiger partial charge in [-0.1, -0.05) is 32.1 Å². The molecule has 3 rings (SSSR count). The normalized spacial score (nSPS) is 45.9. The van der Waals surface area contributed by atoms with Gasteiger partial charge in [0.15, 0.2) is 0 Å². The zero-order valence-electron chi connectivity index (χ0n) is 14.1. The number of cyclic esters (lactones) is 1. The Hall–Kier alpha value is -1.13. The summed E-state index contributed by atoms with van der Waals surface area (Å²) >= 11 is 0. The van der Waals surface area contributed by atoms with Crippen LogP contribution in [0, 0.1) is 23.2 Å². The van der Waals surface area contributed by atoms with Crippen LogP contribution in [0.15, 0.2) is 23.8 Å². The summed E-state index contributed by atoms with van der Waals surface area (Å²) in [5.41, 5.74) is 1.75. The Morgan fingerprint density at radius 1 is 1.39 bits per heavy atom. The van der Waals surface area contributed by atoms with Crippen LogP contribution in [0.2, 0.25) is 0 Å². The number of aliphatic hydroxyl groups excluding tert-OH is 2. The van der Waals surface area contributed by atoms with Gasteiger partial charge in [0.05, 0.1) is 11.7 Å². The highest BCUT2D eigenvalue weighted by atomic mass is 16.6. The Morgan fingerprint density at radius 2 is 2.13 bits per heavy atom. The highest BCUT2D eigenvalue weighted by Gasteiger charge is 2.50. The largest absolute Gasteiger partial charge is 0.459 e. The van der Waals surface area contributed by atoms with Crippen LogP contribution in [-0.4, -0.2) is 35.0 Å². The van der Waals surface area contributed by atoms with Crippen molar-refractivity contribution in [3.63, 3.8) is 0 Å². The van der Waals surface area contributed by atoms with Gasteiger partial charge in [-0.2, -0.15) is 0 Å². The summed E-state index contributed by atoms with van der Waals surface area (Å²) in [5.74, 6) is 0.692. The van der Waals surface area contributed by atoms with Crippen LogP contribution in [0.4, 0.5) is 0 Å². The summed E-state index contributed by atoms with van der Waals surface area (Å²) in [6.45, 7) is 8.84. The number of allylic oxidation sites excluding steroid dienone is 2. The number of hydrogen-bond acceptors (Lipinski definition) is 4. The number of fused-ring (bicyclic) bond motifs is 1. The van der Waals surface area contributed by atoms with E-state index < -0.39 is 12.1 Å². The van der Waals surface area contributed by atoms with Gasteiger partial charge in [-0.25, -0.2) is 4.79 Å². The van der Waals surface area contributed by atoms with E-state index in [1.54, 1.807) is 0 Å². The molecule has 1 saturated heterocycles. The molecular weight excluding hydrogens is 292 g/mol. The van der Waals surface area contributed by atoms with Crippen LogP contribution < -0.4 is 0 Å². The number of hydrogen-bond donors (Lipinski definition) is 2. The van der Waals surface area contributed by atoms with E-state index in [1.165, 1.54) is 5.57 Å². The minimum Gasteiger partial charge on any atom is -0.459 e. The fraction of sp³-hybridized carbons (Fsp3) is 0.737. The monoisotopic (exact) mass is 320 g/mol. The maximum Gasteiger partial charge on any atom is 0.336 e. The van der Waals surface area contributed by atoms with Crippen molar-refractivity contribution in [2.24, 2.45) is 23.2 Å². The Kier molecular flexibility index (Phi) is 4.41. The van der Waals surface area contributed by atoms with Gasteiger partial charge in [0.1, 0.15) is 12.7 Å². The van der Waals surface area contributed by atoms with Crippen molar-refractivity contribution in [1.82, 2.24) is 0 Å². The first-order valence-electron chi connectivity index (χ1n) is 8.75. The van der Waals surface area contributed by atoms with Gasteiger partial charge in [-0.15, -0.1) is 0 Å². The molecule has 4 heteroatoms. The van der Waals surface area contributed by atoms with Crippen molar-refractivity contribution in [3.8, 4) is 0 Å². The van der Waals surface area contributed by atoms with Crippen molar-refractivity contribution in [3.05, 3.63) is 23.8 Å². The van der Waals surface area contributed by atoms with E-state index in [-0.39, 0.29) is 18.1 Å². The van der Waals surface area contributed by atoms with Crippen LogP contribution in [0.25, 0.3) is 0 Å². The predicted molar refractivity (Wildman–Crippen MR) is 87.5 cm³/mol.